The number of nitrogens with one attached hydrogen (secondary N) is 1. The molecule has 1 aliphatic heterocycles. The standard InChI is InChI=1S/C18H26N4S/c1-21(2)14-17(15-6-4-3-5-7-15)20-16-8-11-22(12-9-16)18-19-10-13-23-18/h3-7,10,13,16-17,20H,8-9,11-12,14H2,1-2H3/t17-/m1/s1. The van der Waals surface area contributed by atoms with Crippen LogP contribution in [0.15, 0.2) is 41.9 Å². The highest BCUT2D eigenvalue weighted by Gasteiger charge is 2.23. The van der Waals surface area contributed by atoms with E-state index in [4.69, 9.17) is 0 Å². The van der Waals surface area contributed by atoms with Crippen LogP contribution in [0.2, 0.25) is 0 Å². The second kappa shape index (κ2) is 7.90. The molecule has 4 nitrogen and oxygen atoms in total. The van der Waals surface area contributed by atoms with Crippen molar-refractivity contribution in [3.8, 4) is 0 Å². The molecular weight excluding hydrogens is 304 g/mol. The van der Waals surface area contributed by atoms with Crippen molar-refractivity contribution in [1.29, 1.82) is 0 Å². The number of thiazole rings is 1. The molecule has 2 aromatic rings. The average Bonchev–Trinajstić information content (AvgIpc) is 3.10. The molecule has 1 fully saturated rings. The Morgan fingerprint density at radius 3 is 2.61 bits per heavy atom. The topological polar surface area (TPSA) is 31.4 Å². The van der Waals surface area contributed by atoms with Crippen LogP contribution in [-0.2, 0) is 0 Å². The van der Waals surface area contributed by atoms with Crippen molar-refractivity contribution in [2.24, 2.45) is 0 Å². The van der Waals surface area contributed by atoms with Gasteiger partial charge in [-0.1, -0.05) is 30.3 Å². The summed E-state index contributed by atoms with van der Waals surface area (Å²) in [6, 6.07) is 11.8. The lowest BCUT2D eigenvalue weighted by Crippen LogP contribution is -2.45. The van der Waals surface area contributed by atoms with Crippen LogP contribution in [0.3, 0.4) is 0 Å². The van der Waals surface area contributed by atoms with Crippen molar-refractivity contribution >= 4 is 16.5 Å². The minimum atomic E-state index is 0.391. The SMILES string of the molecule is CN(C)C[C@@H](NC1CCN(c2nccs2)CC1)c1ccccc1. The second-order valence-electron chi connectivity index (χ2n) is 6.47. The summed E-state index contributed by atoms with van der Waals surface area (Å²) in [5.74, 6) is 0. The Bertz CT molecular complexity index is 562. The molecule has 0 saturated carbocycles. The second-order valence-corrected chi connectivity index (χ2v) is 7.34. The van der Waals surface area contributed by atoms with Crippen LogP contribution in [0.4, 0.5) is 5.13 Å². The van der Waals surface area contributed by atoms with Crippen molar-refractivity contribution in [3.63, 3.8) is 0 Å². The van der Waals surface area contributed by atoms with E-state index in [2.05, 4.69) is 69.9 Å². The molecule has 0 spiro atoms. The third-order valence-electron chi connectivity index (χ3n) is 4.37. The van der Waals surface area contributed by atoms with E-state index >= 15 is 0 Å². The van der Waals surface area contributed by atoms with Crippen LogP contribution in [0, 0.1) is 0 Å². The summed E-state index contributed by atoms with van der Waals surface area (Å²) in [6.45, 7) is 3.21. The number of likely N-dealkylation sites (N-methyl/N-ethyl adjacent to an activating group) is 1. The van der Waals surface area contributed by atoms with Crippen molar-refractivity contribution in [3.05, 3.63) is 47.5 Å². The Labute approximate surface area is 143 Å². The van der Waals surface area contributed by atoms with Gasteiger partial charge in [-0.15, -0.1) is 11.3 Å². The summed E-state index contributed by atoms with van der Waals surface area (Å²) in [7, 11) is 4.28. The van der Waals surface area contributed by atoms with Crippen molar-refractivity contribution in [2.75, 3.05) is 38.6 Å². The highest BCUT2D eigenvalue weighted by atomic mass is 32.1. The van der Waals surface area contributed by atoms with Gasteiger partial charge in [0.1, 0.15) is 0 Å². The number of piperidine rings is 1. The fourth-order valence-electron chi connectivity index (χ4n) is 3.20. The van der Waals surface area contributed by atoms with Crippen LogP contribution in [0.5, 0.6) is 0 Å². The zero-order valence-electron chi connectivity index (χ0n) is 14.0. The van der Waals surface area contributed by atoms with Gasteiger partial charge < -0.3 is 15.1 Å². The molecule has 1 saturated heterocycles. The highest BCUT2D eigenvalue weighted by Crippen LogP contribution is 2.23. The van der Waals surface area contributed by atoms with E-state index in [1.807, 2.05) is 6.20 Å². The number of benzene rings is 1. The average molecular weight is 331 g/mol. The number of anilines is 1. The van der Waals surface area contributed by atoms with Gasteiger partial charge >= 0.3 is 0 Å². The summed E-state index contributed by atoms with van der Waals surface area (Å²) in [5.41, 5.74) is 1.38. The molecular formula is C18H26N4S. The predicted octanol–water partition coefficient (Wildman–Crippen LogP) is 3.00. The minimum absolute atomic E-state index is 0.391. The Hall–Kier alpha value is -1.43. The van der Waals surface area contributed by atoms with Crippen LogP contribution < -0.4 is 10.2 Å². The zero-order valence-corrected chi connectivity index (χ0v) is 14.8. The molecule has 1 aromatic heterocycles. The van der Waals surface area contributed by atoms with E-state index in [0.29, 0.717) is 12.1 Å². The van der Waals surface area contributed by atoms with E-state index < -0.39 is 0 Å². The molecule has 1 aliphatic rings. The molecule has 124 valence electrons. The van der Waals surface area contributed by atoms with Gasteiger partial charge in [0.15, 0.2) is 5.13 Å². The Balaban J connectivity index is 1.58. The molecule has 2 heterocycles. The molecule has 5 heteroatoms. The van der Waals surface area contributed by atoms with Crippen molar-refractivity contribution < 1.29 is 0 Å². The van der Waals surface area contributed by atoms with Crippen molar-refractivity contribution in [2.45, 2.75) is 24.9 Å². The number of aromatic nitrogens is 1. The molecule has 1 N–H and O–H groups in total. The predicted molar refractivity (Wildman–Crippen MR) is 98.2 cm³/mol. The molecule has 1 atom stereocenters. The number of hydrogen-bond donors (Lipinski definition) is 1. The van der Waals surface area contributed by atoms with Crippen molar-refractivity contribution in [1.82, 2.24) is 15.2 Å². The van der Waals surface area contributed by atoms with Gasteiger partial charge in [0, 0.05) is 43.3 Å². The molecule has 3 rings (SSSR count). The fraction of sp³-hybridized carbons (Fsp3) is 0.500. The maximum Gasteiger partial charge on any atom is 0.185 e. The monoisotopic (exact) mass is 330 g/mol. The zero-order chi connectivity index (χ0) is 16.1. The molecule has 1 aromatic carbocycles. The largest absolute Gasteiger partial charge is 0.348 e. The lowest BCUT2D eigenvalue weighted by atomic mass is 10.0. The quantitative estimate of drug-likeness (QED) is 0.882. The summed E-state index contributed by atoms with van der Waals surface area (Å²) in [5, 5.41) is 7.11. The van der Waals surface area contributed by atoms with E-state index in [1.54, 1.807) is 11.3 Å². The summed E-state index contributed by atoms with van der Waals surface area (Å²) < 4.78 is 0. The Morgan fingerprint density at radius 1 is 1.26 bits per heavy atom. The van der Waals surface area contributed by atoms with Crippen LogP contribution in [-0.4, -0.2) is 49.7 Å². The Kier molecular flexibility index (Phi) is 5.65. The maximum absolute atomic E-state index is 4.43. The lowest BCUT2D eigenvalue weighted by molar-refractivity contribution is 0.299. The van der Waals surface area contributed by atoms with Gasteiger partial charge in [-0.2, -0.15) is 0 Å². The minimum Gasteiger partial charge on any atom is -0.348 e. The third-order valence-corrected chi connectivity index (χ3v) is 5.20. The molecule has 0 amide bonds. The van der Waals surface area contributed by atoms with Gasteiger partial charge in [0.2, 0.25) is 0 Å². The van der Waals surface area contributed by atoms with E-state index in [-0.39, 0.29) is 0 Å². The first-order chi connectivity index (χ1) is 11.2. The van der Waals surface area contributed by atoms with Crippen LogP contribution >= 0.6 is 11.3 Å². The summed E-state index contributed by atoms with van der Waals surface area (Å²) in [4.78, 5) is 9.10. The van der Waals surface area contributed by atoms with Crippen LogP contribution in [0.1, 0.15) is 24.4 Å². The molecule has 23 heavy (non-hydrogen) atoms. The first-order valence-corrected chi connectivity index (χ1v) is 9.20. The summed E-state index contributed by atoms with van der Waals surface area (Å²) in [6.07, 6.45) is 4.25. The highest BCUT2D eigenvalue weighted by molar-refractivity contribution is 7.13. The first-order valence-electron chi connectivity index (χ1n) is 8.32. The molecule has 0 aliphatic carbocycles. The van der Waals surface area contributed by atoms with Crippen LogP contribution in [0.25, 0.3) is 0 Å². The van der Waals surface area contributed by atoms with E-state index in [9.17, 15) is 0 Å². The van der Waals surface area contributed by atoms with Gasteiger partial charge in [0.25, 0.3) is 0 Å². The Morgan fingerprint density at radius 2 is 2.00 bits per heavy atom. The van der Waals surface area contributed by atoms with E-state index in [0.717, 1.165) is 24.8 Å². The lowest BCUT2D eigenvalue weighted by Gasteiger charge is -2.35. The number of rotatable bonds is 6. The maximum atomic E-state index is 4.43. The smallest absolute Gasteiger partial charge is 0.185 e. The number of nitrogens with zero attached hydrogens (tertiary/aromatic N) is 3. The van der Waals surface area contributed by atoms with Gasteiger partial charge in [-0.3, -0.25) is 0 Å². The molecule has 0 unspecified atom stereocenters. The fourth-order valence-corrected chi connectivity index (χ4v) is 3.90. The third kappa shape index (κ3) is 4.53. The first kappa shape index (κ1) is 16.4. The normalized spacial score (nSPS) is 17.6. The van der Waals surface area contributed by atoms with Gasteiger partial charge in [0.05, 0.1) is 0 Å². The summed E-state index contributed by atoms with van der Waals surface area (Å²) >= 11 is 1.74. The number of hydrogen-bond acceptors (Lipinski definition) is 5. The molecule has 0 bridgehead atoms. The van der Waals surface area contributed by atoms with Gasteiger partial charge in [-0.05, 0) is 32.5 Å². The van der Waals surface area contributed by atoms with E-state index in [1.165, 1.54) is 18.4 Å². The molecule has 0 radical (unpaired) electrons. The van der Waals surface area contributed by atoms with Gasteiger partial charge in [-0.25, -0.2) is 4.98 Å².